The Morgan fingerprint density at radius 1 is 1.69 bits per heavy atom. The Morgan fingerprint density at radius 3 is 3.08 bits per heavy atom. The number of carboxylic acid groups (broad SMARTS) is 1. The van der Waals surface area contributed by atoms with E-state index < -0.39 is 5.97 Å². The number of hydrogen-bond acceptors (Lipinski definition) is 3. The lowest BCUT2D eigenvalue weighted by Crippen LogP contribution is -2.02. The van der Waals surface area contributed by atoms with Crippen molar-refractivity contribution < 1.29 is 14.6 Å². The fourth-order valence-electron chi connectivity index (χ4n) is 1.06. The maximum Gasteiger partial charge on any atom is 0.349 e. The Bertz CT molecular complexity index is 314. The second kappa shape index (κ2) is 3.38. The van der Waals surface area contributed by atoms with Gasteiger partial charge in [-0.3, -0.25) is 0 Å². The molecule has 4 heteroatoms. The fraction of sp³-hybridized carbons (Fsp3) is 0.444. The Kier molecular flexibility index (Phi) is 2.22. The molecule has 1 fully saturated rings. The lowest BCUT2D eigenvalue weighted by atomic mass is 10.4. The number of thiophene rings is 1. The second-order valence-electron chi connectivity index (χ2n) is 3.17. The molecule has 3 nitrogen and oxygen atoms in total. The molecular formula is C9H10O3S. The van der Waals surface area contributed by atoms with Crippen LogP contribution in [0.3, 0.4) is 0 Å². The van der Waals surface area contributed by atoms with Crippen LogP contribution in [-0.4, -0.2) is 17.7 Å². The molecule has 1 aromatic rings. The zero-order valence-electron chi connectivity index (χ0n) is 7.03. The molecule has 0 amide bonds. The zero-order chi connectivity index (χ0) is 9.26. The van der Waals surface area contributed by atoms with E-state index in [2.05, 4.69) is 0 Å². The first-order chi connectivity index (χ1) is 6.27. The second-order valence-corrected chi connectivity index (χ2v) is 4.09. The summed E-state index contributed by atoms with van der Waals surface area (Å²) in [5.41, 5.74) is 0. The highest BCUT2D eigenvalue weighted by molar-refractivity contribution is 7.12. The quantitative estimate of drug-likeness (QED) is 0.807. The topological polar surface area (TPSA) is 46.5 Å². The molecule has 0 unspecified atom stereocenters. The van der Waals surface area contributed by atoms with Crippen molar-refractivity contribution in [3.8, 4) is 5.75 Å². The van der Waals surface area contributed by atoms with E-state index in [1.54, 1.807) is 11.4 Å². The summed E-state index contributed by atoms with van der Waals surface area (Å²) in [4.78, 5) is 11.0. The molecule has 0 aliphatic heterocycles. The van der Waals surface area contributed by atoms with Crippen molar-refractivity contribution in [3.63, 3.8) is 0 Å². The monoisotopic (exact) mass is 198 g/mol. The van der Waals surface area contributed by atoms with Gasteiger partial charge in [0, 0.05) is 0 Å². The van der Waals surface area contributed by atoms with Gasteiger partial charge in [0.1, 0.15) is 5.75 Å². The molecule has 0 saturated heterocycles. The molecule has 13 heavy (non-hydrogen) atoms. The highest BCUT2D eigenvalue weighted by atomic mass is 32.1. The predicted molar refractivity (Wildman–Crippen MR) is 49.5 cm³/mol. The highest BCUT2D eigenvalue weighted by Gasteiger charge is 2.23. The van der Waals surface area contributed by atoms with Crippen molar-refractivity contribution in [2.45, 2.75) is 12.8 Å². The van der Waals surface area contributed by atoms with Gasteiger partial charge in [-0.25, -0.2) is 4.79 Å². The summed E-state index contributed by atoms with van der Waals surface area (Å²) in [7, 11) is 0. The predicted octanol–water partition coefficient (Wildman–Crippen LogP) is 2.24. The summed E-state index contributed by atoms with van der Waals surface area (Å²) in [6, 6.07) is 1.72. The normalized spacial score (nSPS) is 15.7. The van der Waals surface area contributed by atoms with E-state index in [1.165, 1.54) is 24.2 Å². The van der Waals surface area contributed by atoms with E-state index in [1.807, 2.05) is 0 Å². The molecule has 0 spiro atoms. The number of aromatic carboxylic acids is 1. The molecule has 1 N–H and O–H groups in total. The SMILES string of the molecule is O=C(O)c1sccc1OCC1CC1. The van der Waals surface area contributed by atoms with Crippen LogP contribution in [0.1, 0.15) is 22.5 Å². The van der Waals surface area contributed by atoms with E-state index in [0.29, 0.717) is 23.2 Å². The minimum absolute atomic E-state index is 0.306. The van der Waals surface area contributed by atoms with Gasteiger partial charge < -0.3 is 9.84 Å². The molecule has 0 bridgehead atoms. The van der Waals surface area contributed by atoms with Gasteiger partial charge in [-0.05, 0) is 30.2 Å². The molecule has 1 saturated carbocycles. The third-order valence-corrected chi connectivity index (χ3v) is 2.88. The van der Waals surface area contributed by atoms with Gasteiger partial charge in [0.2, 0.25) is 0 Å². The Morgan fingerprint density at radius 2 is 2.46 bits per heavy atom. The van der Waals surface area contributed by atoms with E-state index >= 15 is 0 Å². The average molecular weight is 198 g/mol. The van der Waals surface area contributed by atoms with Crippen LogP contribution in [0.2, 0.25) is 0 Å². The zero-order valence-corrected chi connectivity index (χ0v) is 7.84. The maximum absolute atomic E-state index is 10.7. The van der Waals surface area contributed by atoms with Crippen LogP contribution >= 0.6 is 11.3 Å². The van der Waals surface area contributed by atoms with Gasteiger partial charge >= 0.3 is 5.97 Å². The first-order valence-corrected chi connectivity index (χ1v) is 5.09. The van der Waals surface area contributed by atoms with Gasteiger partial charge in [-0.1, -0.05) is 0 Å². The minimum atomic E-state index is -0.902. The summed E-state index contributed by atoms with van der Waals surface area (Å²) in [5.74, 6) is 0.270. The summed E-state index contributed by atoms with van der Waals surface area (Å²) < 4.78 is 5.39. The van der Waals surface area contributed by atoms with E-state index in [-0.39, 0.29) is 0 Å². The van der Waals surface area contributed by atoms with E-state index in [0.717, 1.165) is 0 Å². The first kappa shape index (κ1) is 8.56. The molecular weight excluding hydrogens is 188 g/mol. The smallest absolute Gasteiger partial charge is 0.349 e. The number of rotatable bonds is 4. The maximum atomic E-state index is 10.7. The van der Waals surface area contributed by atoms with Gasteiger partial charge in [0.05, 0.1) is 6.61 Å². The van der Waals surface area contributed by atoms with Crippen molar-refractivity contribution in [2.75, 3.05) is 6.61 Å². The van der Waals surface area contributed by atoms with E-state index in [4.69, 9.17) is 9.84 Å². The van der Waals surface area contributed by atoms with Crippen LogP contribution in [-0.2, 0) is 0 Å². The lowest BCUT2D eigenvalue weighted by Gasteiger charge is -2.02. The molecule has 0 aromatic carbocycles. The average Bonchev–Trinajstić information content (AvgIpc) is 2.79. The van der Waals surface area contributed by atoms with Crippen LogP contribution < -0.4 is 4.74 Å². The summed E-state index contributed by atoms with van der Waals surface area (Å²) in [6.07, 6.45) is 2.43. The van der Waals surface area contributed by atoms with E-state index in [9.17, 15) is 4.79 Å². The number of ether oxygens (including phenoxy) is 1. The van der Waals surface area contributed by atoms with Gasteiger partial charge in [0.25, 0.3) is 0 Å². The van der Waals surface area contributed by atoms with Crippen LogP contribution in [0.4, 0.5) is 0 Å². The summed E-state index contributed by atoms with van der Waals surface area (Å²) in [5, 5.41) is 10.5. The number of hydrogen-bond donors (Lipinski definition) is 1. The van der Waals surface area contributed by atoms with Crippen LogP contribution in [0.25, 0.3) is 0 Å². The molecule has 1 aromatic heterocycles. The summed E-state index contributed by atoms with van der Waals surface area (Å²) >= 11 is 1.21. The third kappa shape index (κ3) is 2.01. The molecule has 2 rings (SSSR count). The van der Waals surface area contributed by atoms with Crippen molar-refractivity contribution in [1.29, 1.82) is 0 Å². The molecule has 0 atom stereocenters. The third-order valence-electron chi connectivity index (χ3n) is 1.99. The standard InChI is InChI=1S/C9H10O3S/c10-9(11)8-7(3-4-13-8)12-5-6-1-2-6/h3-4,6H,1-2,5H2,(H,10,11). The largest absolute Gasteiger partial charge is 0.492 e. The number of carboxylic acids is 1. The first-order valence-electron chi connectivity index (χ1n) is 4.21. The van der Waals surface area contributed by atoms with Gasteiger partial charge in [-0.15, -0.1) is 11.3 Å². The van der Waals surface area contributed by atoms with Gasteiger partial charge in [0.15, 0.2) is 4.88 Å². The Hall–Kier alpha value is -1.03. The van der Waals surface area contributed by atoms with Crippen molar-refractivity contribution >= 4 is 17.3 Å². The molecule has 1 aliphatic carbocycles. The Balaban J connectivity index is 2.00. The van der Waals surface area contributed by atoms with Gasteiger partial charge in [-0.2, -0.15) is 0 Å². The number of carbonyl (C=O) groups is 1. The molecule has 1 heterocycles. The van der Waals surface area contributed by atoms with Crippen LogP contribution in [0.15, 0.2) is 11.4 Å². The minimum Gasteiger partial charge on any atom is -0.492 e. The molecule has 70 valence electrons. The highest BCUT2D eigenvalue weighted by Crippen LogP contribution is 2.31. The van der Waals surface area contributed by atoms with Crippen molar-refractivity contribution in [3.05, 3.63) is 16.3 Å². The van der Waals surface area contributed by atoms with Crippen LogP contribution in [0, 0.1) is 5.92 Å². The Labute approximate surface area is 80.0 Å². The molecule has 1 aliphatic rings. The molecule has 0 radical (unpaired) electrons. The summed E-state index contributed by atoms with van der Waals surface area (Å²) in [6.45, 7) is 0.664. The lowest BCUT2D eigenvalue weighted by molar-refractivity contribution is 0.0698. The van der Waals surface area contributed by atoms with Crippen molar-refractivity contribution in [2.24, 2.45) is 5.92 Å². The fourth-order valence-corrected chi connectivity index (χ4v) is 1.73. The van der Waals surface area contributed by atoms with Crippen molar-refractivity contribution in [1.82, 2.24) is 0 Å². The van der Waals surface area contributed by atoms with Crippen LogP contribution in [0.5, 0.6) is 5.75 Å².